The van der Waals surface area contributed by atoms with Crippen LogP contribution in [0, 0.1) is 0 Å². The molecule has 0 unspecified atom stereocenters. The molecule has 0 bridgehead atoms. The van der Waals surface area contributed by atoms with E-state index in [4.69, 9.17) is 0 Å². The predicted octanol–water partition coefficient (Wildman–Crippen LogP) is 9.79. The second kappa shape index (κ2) is 11.1. The number of fused-ring (bicyclic) bond motifs is 1. The highest BCUT2D eigenvalue weighted by Crippen LogP contribution is 2.46. The fourth-order valence-corrected chi connectivity index (χ4v) is 4.24. The largest absolute Gasteiger partial charge is 0.506 e. The third-order valence-corrected chi connectivity index (χ3v) is 6.27. The molecule has 5 nitrogen and oxygen atoms in total. The predicted molar refractivity (Wildman–Crippen MR) is 129 cm³/mol. The zero-order chi connectivity index (χ0) is 35.7. The van der Waals surface area contributed by atoms with Gasteiger partial charge in [-0.15, -0.1) is 0 Å². The summed E-state index contributed by atoms with van der Waals surface area (Å²) in [5.74, 6) is -4.54. The topological polar surface area (TPSA) is 70.8 Å². The third kappa shape index (κ3) is 7.09. The number of anilines is 3. The zero-order valence-electron chi connectivity index (χ0n) is 22.0. The molecule has 0 amide bonds. The quantitative estimate of drug-likeness (QED) is 0.131. The molecule has 4 aromatic rings. The van der Waals surface area contributed by atoms with Crippen LogP contribution in [0.15, 0.2) is 63.8 Å². The van der Waals surface area contributed by atoms with Gasteiger partial charge < -0.3 is 14.4 Å². The zero-order valence-corrected chi connectivity index (χ0v) is 22.0. The number of benzene rings is 3. The maximum atomic E-state index is 13.7. The van der Waals surface area contributed by atoms with E-state index in [2.05, 4.69) is 4.42 Å². The van der Waals surface area contributed by atoms with E-state index < -0.39 is 116 Å². The molecule has 0 spiro atoms. The summed E-state index contributed by atoms with van der Waals surface area (Å²) in [4.78, 5) is 23.9. The Labute approximate surface area is 249 Å². The van der Waals surface area contributed by atoms with E-state index in [0.29, 0.717) is 18.2 Å². The molecule has 0 atom stereocenters. The van der Waals surface area contributed by atoms with Gasteiger partial charge in [0.1, 0.15) is 11.3 Å². The Morgan fingerprint density at radius 3 is 1.30 bits per heavy atom. The van der Waals surface area contributed by atoms with Crippen LogP contribution in [-0.2, 0) is 24.7 Å². The van der Waals surface area contributed by atoms with E-state index in [-0.39, 0.29) is 29.2 Å². The molecule has 1 heterocycles. The van der Waals surface area contributed by atoms with Crippen molar-refractivity contribution in [2.75, 3.05) is 4.90 Å². The molecule has 0 radical (unpaired) electrons. The molecular formula is C27H10F15NO4. The Kier molecular flexibility index (Phi) is 8.26. The SMILES string of the molecule is O=C(c1c(O)c2ccc(N(c3cc(C(F)(F)F)cc(C(F)(F)F)c3)c3cc(C(F)(F)F)cc(C(F)(F)F)c3)cc2oc1=O)C(F)(F)F. The molecule has 20 heteroatoms. The van der Waals surface area contributed by atoms with Gasteiger partial charge in [0, 0.05) is 23.1 Å². The smallest absolute Gasteiger partial charge is 0.455 e. The van der Waals surface area contributed by atoms with Gasteiger partial charge in [0.2, 0.25) is 0 Å². The van der Waals surface area contributed by atoms with Gasteiger partial charge in [0.05, 0.1) is 27.6 Å². The van der Waals surface area contributed by atoms with E-state index in [0.717, 1.165) is 0 Å². The van der Waals surface area contributed by atoms with Gasteiger partial charge in [-0.1, -0.05) is 0 Å². The Morgan fingerprint density at radius 1 is 0.574 bits per heavy atom. The number of hydrogen-bond acceptors (Lipinski definition) is 5. The molecule has 0 saturated heterocycles. The molecular weight excluding hydrogens is 687 g/mol. The first-order valence-corrected chi connectivity index (χ1v) is 12.0. The molecule has 0 aliphatic carbocycles. The summed E-state index contributed by atoms with van der Waals surface area (Å²) in [7, 11) is 0. The lowest BCUT2D eigenvalue weighted by Crippen LogP contribution is -2.28. The number of rotatable bonds is 4. The lowest BCUT2D eigenvalue weighted by atomic mass is 10.0. The second-order valence-corrected chi connectivity index (χ2v) is 9.48. The number of Topliss-reactive ketones (excluding diaryl/α,β-unsaturated/α-hetero) is 1. The van der Waals surface area contributed by atoms with Crippen molar-refractivity contribution in [3.63, 3.8) is 0 Å². The van der Waals surface area contributed by atoms with Crippen molar-refractivity contribution in [2.24, 2.45) is 0 Å². The first kappa shape index (κ1) is 35.0. The van der Waals surface area contributed by atoms with Gasteiger partial charge in [0.25, 0.3) is 5.78 Å². The summed E-state index contributed by atoms with van der Waals surface area (Å²) in [5, 5.41) is 9.33. The minimum Gasteiger partial charge on any atom is -0.506 e. The molecule has 47 heavy (non-hydrogen) atoms. The fourth-order valence-electron chi connectivity index (χ4n) is 4.24. The van der Waals surface area contributed by atoms with Gasteiger partial charge >= 0.3 is 36.5 Å². The van der Waals surface area contributed by atoms with E-state index >= 15 is 0 Å². The third-order valence-electron chi connectivity index (χ3n) is 6.27. The van der Waals surface area contributed by atoms with Crippen LogP contribution >= 0.6 is 0 Å². The van der Waals surface area contributed by atoms with E-state index in [9.17, 15) is 80.6 Å². The van der Waals surface area contributed by atoms with Crippen molar-refractivity contribution in [3.8, 4) is 5.75 Å². The molecule has 4 rings (SSSR count). The van der Waals surface area contributed by atoms with Crippen LogP contribution in [0.3, 0.4) is 0 Å². The van der Waals surface area contributed by atoms with Crippen molar-refractivity contribution in [1.29, 1.82) is 0 Å². The summed E-state index contributed by atoms with van der Waals surface area (Å²) < 4.78 is 207. The Balaban J connectivity index is 2.13. The number of hydrogen-bond donors (Lipinski definition) is 1. The number of nitrogens with zero attached hydrogens (tertiary/aromatic N) is 1. The molecule has 1 N–H and O–H groups in total. The van der Waals surface area contributed by atoms with Crippen LogP contribution in [0.4, 0.5) is 82.9 Å². The maximum absolute atomic E-state index is 13.7. The normalized spacial score (nSPS) is 13.3. The molecule has 0 saturated carbocycles. The summed E-state index contributed by atoms with van der Waals surface area (Å²) in [6.07, 6.45) is -28.0. The molecule has 0 aliphatic rings. The van der Waals surface area contributed by atoms with Crippen LogP contribution in [0.2, 0.25) is 0 Å². The van der Waals surface area contributed by atoms with Crippen LogP contribution in [-0.4, -0.2) is 17.1 Å². The number of carbonyl (C=O) groups excluding carboxylic acids is 1. The van der Waals surface area contributed by atoms with Crippen LogP contribution < -0.4 is 10.5 Å². The van der Waals surface area contributed by atoms with E-state index in [1.165, 1.54) is 0 Å². The van der Waals surface area contributed by atoms with Gasteiger partial charge in [-0.25, -0.2) is 4.79 Å². The first-order chi connectivity index (χ1) is 21.2. The second-order valence-electron chi connectivity index (χ2n) is 9.48. The van der Waals surface area contributed by atoms with Crippen LogP contribution in [0.25, 0.3) is 11.0 Å². The Hall–Kier alpha value is -4.91. The first-order valence-electron chi connectivity index (χ1n) is 12.0. The summed E-state index contributed by atoms with van der Waals surface area (Å²) in [6, 6.07) is 0.343. The summed E-state index contributed by atoms with van der Waals surface area (Å²) in [6.45, 7) is 0. The van der Waals surface area contributed by atoms with Gasteiger partial charge in [-0.3, -0.25) is 4.79 Å². The average Bonchev–Trinajstić information content (AvgIpc) is 2.90. The molecule has 1 aromatic heterocycles. The van der Waals surface area contributed by atoms with Gasteiger partial charge in [0.15, 0.2) is 5.56 Å². The lowest BCUT2D eigenvalue weighted by Gasteiger charge is -2.28. The minimum absolute atomic E-state index is 0.0419. The summed E-state index contributed by atoms with van der Waals surface area (Å²) >= 11 is 0. The highest BCUT2D eigenvalue weighted by atomic mass is 19.4. The Morgan fingerprint density at radius 2 is 0.957 bits per heavy atom. The monoisotopic (exact) mass is 697 g/mol. The van der Waals surface area contributed by atoms with Crippen molar-refractivity contribution in [1.82, 2.24) is 0 Å². The molecule has 252 valence electrons. The van der Waals surface area contributed by atoms with Crippen molar-refractivity contribution in [2.45, 2.75) is 30.9 Å². The van der Waals surface area contributed by atoms with E-state index in [1.807, 2.05) is 0 Å². The number of carbonyl (C=O) groups is 1. The van der Waals surface area contributed by atoms with Gasteiger partial charge in [-0.2, -0.15) is 65.9 Å². The van der Waals surface area contributed by atoms with E-state index in [1.54, 1.807) is 0 Å². The minimum atomic E-state index is -5.73. The number of ketones is 1. The molecule has 0 fully saturated rings. The van der Waals surface area contributed by atoms with Crippen molar-refractivity contribution in [3.05, 3.63) is 92.8 Å². The lowest BCUT2D eigenvalue weighted by molar-refractivity contribution is -0.144. The number of halogens is 15. The molecule has 3 aromatic carbocycles. The van der Waals surface area contributed by atoms with Crippen LogP contribution in [0.5, 0.6) is 5.75 Å². The highest BCUT2D eigenvalue weighted by Gasteiger charge is 2.44. The highest BCUT2D eigenvalue weighted by molar-refractivity contribution is 6.06. The van der Waals surface area contributed by atoms with Crippen molar-refractivity contribution < 1.29 is 80.2 Å². The average molecular weight is 697 g/mol. The summed E-state index contributed by atoms with van der Waals surface area (Å²) in [5.41, 5.74) is -17.0. The Bertz CT molecular complexity index is 1790. The number of aromatic hydroxyl groups is 1. The van der Waals surface area contributed by atoms with Gasteiger partial charge in [-0.05, 0) is 48.5 Å². The maximum Gasteiger partial charge on any atom is 0.455 e. The fraction of sp³-hybridized carbons (Fsp3) is 0.185. The standard InChI is InChI=1S/C27H10F15NO4/c28-23(29,30)10-3-11(24(31,32)33)6-15(5-10)43(16-7-12(25(34,35)36)4-13(8-16)26(37,38)39)14-1-2-17-18(9-14)47-22(46)19(20(17)44)21(45)27(40,41)42/h1-9,44H. The van der Waals surface area contributed by atoms with Crippen molar-refractivity contribution >= 4 is 33.8 Å². The number of alkyl halides is 15. The van der Waals surface area contributed by atoms with Crippen LogP contribution in [0.1, 0.15) is 32.6 Å². The molecule has 0 aliphatic heterocycles.